The summed E-state index contributed by atoms with van der Waals surface area (Å²) < 4.78 is 19.1. The van der Waals surface area contributed by atoms with Crippen molar-refractivity contribution in [3.8, 4) is 5.75 Å². The lowest BCUT2D eigenvalue weighted by Crippen LogP contribution is -2.27. The lowest BCUT2D eigenvalue weighted by Gasteiger charge is -2.25. The molecule has 3 N–H and O–H groups in total. The maximum atomic E-state index is 10.6. The van der Waals surface area contributed by atoms with Crippen LogP contribution in [0.1, 0.15) is 18.4 Å². The molecule has 0 heterocycles. The molecule has 0 aliphatic carbocycles. The summed E-state index contributed by atoms with van der Waals surface area (Å²) in [7, 11) is 0.689. The van der Waals surface area contributed by atoms with Crippen molar-refractivity contribution in [1.82, 2.24) is 9.57 Å². The molecular formula is C20H34Cl2N3O5P. The Balaban J connectivity index is 2.22. The SMILES string of the molecule is CN(CCCOc1cccc(COCCOP(N)N(CCCl)CCCl)c1)CCC(=O)O. The minimum Gasteiger partial charge on any atom is -0.494 e. The number of halogens is 2. The van der Waals surface area contributed by atoms with Gasteiger partial charge in [-0.3, -0.25) is 10.3 Å². The monoisotopic (exact) mass is 497 g/mol. The van der Waals surface area contributed by atoms with Crippen LogP contribution in [0.3, 0.4) is 0 Å². The number of aliphatic carboxylic acids is 1. The first kappa shape index (κ1) is 28.3. The Morgan fingerprint density at radius 3 is 2.55 bits per heavy atom. The van der Waals surface area contributed by atoms with Crippen LogP contribution in [0.2, 0.25) is 0 Å². The van der Waals surface area contributed by atoms with E-state index in [4.69, 9.17) is 47.8 Å². The summed E-state index contributed by atoms with van der Waals surface area (Å²) in [5.41, 5.74) is 7.07. The summed E-state index contributed by atoms with van der Waals surface area (Å²) in [4.78, 5) is 12.6. The lowest BCUT2D eigenvalue weighted by atomic mass is 10.2. The second kappa shape index (κ2) is 17.8. The van der Waals surface area contributed by atoms with Crippen molar-refractivity contribution in [2.45, 2.75) is 19.4 Å². The van der Waals surface area contributed by atoms with Crippen molar-refractivity contribution in [3.05, 3.63) is 29.8 Å². The highest BCUT2D eigenvalue weighted by Crippen LogP contribution is 2.32. The number of carboxylic acids is 1. The van der Waals surface area contributed by atoms with Gasteiger partial charge in [-0.25, -0.2) is 4.67 Å². The number of carbonyl (C=O) groups is 1. The van der Waals surface area contributed by atoms with E-state index >= 15 is 0 Å². The normalized spacial score (nSPS) is 12.5. The number of rotatable bonds is 19. The molecule has 8 nitrogen and oxygen atoms in total. The fourth-order valence-electron chi connectivity index (χ4n) is 2.61. The number of alkyl halides is 2. The van der Waals surface area contributed by atoms with Gasteiger partial charge in [0.2, 0.25) is 0 Å². The highest BCUT2D eigenvalue weighted by molar-refractivity contribution is 7.47. The Morgan fingerprint density at radius 2 is 1.87 bits per heavy atom. The number of ether oxygens (including phenoxy) is 2. The summed E-state index contributed by atoms with van der Waals surface area (Å²) in [6.45, 7) is 4.45. The number of carboxylic acid groups (broad SMARTS) is 1. The maximum Gasteiger partial charge on any atom is 0.304 e. The fourth-order valence-corrected chi connectivity index (χ4v) is 4.28. The standard InChI is InChI=1S/C20H34Cl2N3O5P/c1-24(10-6-20(26)27)9-3-13-29-19-5-2-4-18(16-19)17-28-14-15-30-31(23)25(11-7-21)12-8-22/h2,4-5,16H,3,6-15,17,23H2,1H3,(H,26,27). The van der Waals surface area contributed by atoms with Crippen LogP contribution in [0.5, 0.6) is 5.75 Å². The Labute approximate surface area is 196 Å². The van der Waals surface area contributed by atoms with Gasteiger partial charge in [0.15, 0.2) is 8.45 Å². The van der Waals surface area contributed by atoms with Gasteiger partial charge in [0, 0.05) is 37.9 Å². The van der Waals surface area contributed by atoms with Crippen LogP contribution in [0.25, 0.3) is 0 Å². The molecule has 1 unspecified atom stereocenters. The zero-order chi connectivity index (χ0) is 22.9. The van der Waals surface area contributed by atoms with Crippen LogP contribution in [0, 0.1) is 0 Å². The molecule has 0 bridgehead atoms. The number of benzene rings is 1. The predicted octanol–water partition coefficient (Wildman–Crippen LogP) is 3.36. The van der Waals surface area contributed by atoms with Crippen molar-refractivity contribution >= 4 is 37.6 Å². The van der Waals surface area contributed by atoms with Crippen molar-refractivity contribution in [3.63, 3.8) is 0 Å². The van der Waals surface area contributed by atoms with Crippen LogP contribution >= 0.6 is 31.7 Å². The lowest BCUT2D eigenvalue weighted by molar-refractivity contribution is -0.137. The highest BCUT2D eigenvalue weighted by Gasteiger charge is 2.14. The van der Waals surface area contributed by atoms with Gasteiger partial charge < -0.3 is 24.0 Å². The first-order chi connectivity index (χ1) is 15.0. The van der Waals surface area contributed by atoms with Crippen LogP contribution in [0.15, 0.2) is 24.3 Å². The molecule has 0 radical (unpaired) electrons. The summed E-state index contributed by atoms with van der Waals surface area (Å²) in [6.07, 6.45) is 0.969. The van der Waals surface area contributed by atoms with E-state index in [0.29, 0.717) is 57.8 Å². The third-order valence-corrected chi connectivity index (χ3v) is 5.99. The molecule has 0 aromatic heterocycles. The average molecular weight is 498 g/mol. The molecule has 0 spiro atoms. The van der Waals surface area contributed by atoms with E-state index in [2.05, 4.69) is 0 Å². The molecule has 1 atom stereocenters. The van der Waals surface area contributed by atoms with Gasteiger partial charge in [-0.05, 0) is 31.2 Å². The first-order valence-corrected chi connectivity index (χ1v) is 12.6. The Morgan fingerprint density at radius 1 is 1.13 bits per heavy atom. The van der Waals surface area contributed by atoms with Gasteiger partial charge in [-0.15, -0.1) is 23.2 Å². The predicted molar refractivity (Wildman–Crippen MR) is 126 cm³/mol. The zero-order valence-electron chi connectivity index (χ0n) is 18.0. The number of hydrogen-bond acceptors (Lipinski definition) is 7. The first-order valence-electron chi connectivity index (χ1n) is 10.2. The third kappa shape index (κ3) is 14.1. The number of nitrogens with two attached hydrogens (primary N) is 1. The molecule has 1 aromatic carbocycles. The summed E-state index contributed by atoms with van der Waals surface area (Å²) in [5.74, 6) is 0.963. The minimum atomic E-state index is -1.22. The maximum absolute atomic E-state index is 10.6. The van der Waals surface area contributed by atoms with Gasteiger partial charge in [0.05, 0.1) is 32.8 Å². The van der Waals surface area contributed by atoms with Crippen molar-refractivity contribution in [1.29, 1.82) is 0 Å². The molecule has 0 fully saturated rings. The molecule has 1 rings (SSSR count). The van der Waals surface area contributed by atoms with E-state index in [0.717, 1.165) is 24.3 Å². The molecule has 1 aromatic rings. The Bertz CT molecular complexity index is 612. The summed E-state index contributed by atoms with van der Waals surface area (Å²) in [5, 5.41) is 8.70. The highest BCUT2D eigenvalue weighted by atomic mass is 35.5. The van der Waals surface area contributed by atoms with E-state index in [1.807, 2.05) is 40.9 Å². The minimum absolute atomic E-state index is 0.149. The van der Waals surface area contributed by atoms with Crippen LogP contribution < -0.4 is 10.2 Å². The van der Waals surface area contributed by atoms with Gasteiger partial charge in [0.1, 0.15) is 5.75 Å². The second-order valence-corrected chi connectivity index (χ2v) is 9.00. The molecule has 178 valence electrons. The molecule has 0 aliphatic heterocycles. The molecule has 31 heavy (non-hydrogen) atoms. The van der Waals surface area contributed by atoms with Gasteiger partial charge in [0.25, 0.3) is 0 Å². The molecule has 0 aliphatic rings. The van der Waals surface area contributed by atoms with Crippen LogP contribution in [-0.2, 0) is 20.7 Å². The second-order valence-electron chi connectivity index (χ2n) is 6.82. The van der Waals surface area contributed by atoms with E-state index in [1.165, 1.54) is 0 Å². The number of hydrogen-bond donors (Lipinski definition) is 2. The van der Waals surface area contributed by atoms with Gasteiger partial charge >= 0.3 is 5.97 Å². The summed E-state index contributed by atoms with van der Waals surface area (Å²) in [6, 6.07) is 7.77. The molecule has 0 saturated heterocycles. The molecule has 0 amide bonds. The van der Waals surface area contributed by atoms with E-state index in [1.54, 1.807) is 0 Å². The fraction of sp³-hybridized carbons (Fsp3) is 0.650. The Hall–Kier alpha value is -0.700. The smallest absolute Gasteiger partial charge is 0.304 e. The van der Waals surface area contributed by atoms with Crippen molar-refractivity contribution in [2.75, 3.05) is 64.8 Å². The van der Waals surface area contributed by atoms with E-state index in [9.17, 15) is 4.79 Å². The quantitative estimate of drug-likeness (QED) is 0.170. The largest absolute Gasteiger partial charge is 0.494 e. The molecular weight excluding hydrogens is 464 g/mol. The van der Waals surface area contributed by atoms with Gasteiger partial charge in [-0.2, -0.15) is 0 Å². The molecule has 11 heteroatoms. The summed E-state index contributed by atoms with van der Waals surface area (Å²) >= 11 is 11.6. The third-order valence-electron chi connectivity index (χ3n) is 4.24. The topological polar surface area (TPSA) is 97.5 Å². The van der Waals surface area contributed by atoms with Crippen LogP contribution in [-0.4, -0.2) is 85.5 Å². The average Bonchev–Trinajstić information content (AvgIpc) is 2.75. The Kier molecular flexibility index (Phi) is 16.3. The van der Waals surface area contributed by atoms with E-state index < -0.39 is 14.4 Å². The van der Waals surface area contributed by atoms with Gasteiger partial charge in [-0.1, -0.05) is 12.1 Å². The van der Waals surface area contributed by atoms with E-state index in [-0.39, 0.29) is 6.42 Å². The van der Waals surface area contributed by atoms with Crippen LogP contribution in [0.4, 0.5) is 0 Å². The van der Waals surface area contributed by atoms with Crippen molar-refractivity contribution < 1.29 is 23.9 Å². The number of nitrogens with zero attached hydrogens (tertiary/aromatic N) is 2. The van der Waals surface area contributed by atoms with Crippen molar-refractivity contribution in [2.24, 2.45) is 5.50 Å². The molecule has 0 saturated carbocycles. The zero-order valence-corrected chi connectivity index (χ0v) is 20.5.